The maximum atomic E-state index is 12.8. The van der Waals surface area contributed by atoms with E-state index >= 15 is 0 Å². The Balaban J connectivity index is 2.18. The molecule has 0 unspecified atom stereocenters. The molecule has 3 aromatic rings. The van der Waals surface area contributed by atoms with Crippen LogP contribution in [0.15, 0.2) is 45.3 Å². The number of hydrogen-bond donors (Lipinski definition) is 0. The maximum absolute atomic E-state index is 12.8. The summed E-state index contributed by atoms with van der Waals surface area (Å²) in [5, 5.41) is 0.970. The van der Waals surface area contributed by atoms with Crippen LogP contribution in [0.2, 0.25) is 0 Å². The number of fused-ring (bicyclic) bond motifs is 1. The number of ketones is 1. The maximum Gasteiger partial charge on any atom is 0.228 e. The summed E-state index contributed by atoms with van der Waals surface area (Å²) in [7, 11) is 0. The predicted molar refractivity (Wildman–Crippen MR) is 88.0 cm³/mol. The molecule has 0 amide bonds. The molecule has 0 spiro atoms. The van der Waals surface area contributed by atoms with Crippen molar-refractivity contribution in [2.45, 2.75) is 20.8 Å². The van der Waals surface area contributed by atoms with Crippen LogP contribution in [0.1, 0.15) is 32.8 Å². The largest absolute Gasteiger partial charge is 0.452 e. The molecule has 1 aromatic heterocycles. The van der Waals surface area contributed by atoms with Gasteiger partial charge in [0, 0.05) is 21.0 Å². The Hall–Kier alpha value is -1.87. The first-order valence-electron chi connectivity index (χ1n) is 6.78. The van der Waals surface area contributed by atoms with Crippen molar-refractivity contribution in [3.05, 3.63) is 68.9 Å². The zero-order chi connectivity index (χ0) is 15.1. The summed E-state index contributed by atoms with van der Waals surface area (Å²) in [6, 6.07) is 11.7. The molecule has 1 heterocycles. The predicted octanol–water partition coefficient (Wildman–Crippen LogP) is 5.35. The summed E-state index contributed by atoms with van der Waals surface area (Å²) < 4.78 is 6.77. The van der Waals surface area contributed by atoms with E-state index in [1.54, 1.807) is 0 Å². The van der Waals surface area contributed by atoms with Gasteiger partial charge < -0.3 is 4.42 Å². The molecule has 0 radical (unpaired) electrons. The van der Waals surface area contributed by atoms with Crippen LogP contribution in [0, 0.1) is 20.8 Å². The van der Waals surface area contributed by atoms with Gasteiger partial charge in [0.1, 0.15) is 5.58 Å². The first kappa shape index (κ1) is 14.1. The number of aryl methyl sites for hydroxylation is 3. The molecule has 0 fully saturated rings. The second-order valence-electron chi connectivity index (χ2n) is 5.34. The third kappa shape index (κ3) is 2.42. The van der Waals surface area contributed by atoms with Gasteiger partial charge in [0.15, 0.2) is 5.76 Å². The summed E-state index contributed by atoms with van der Waals surface area (Å²) in [4.78, 5) is 12.8. The number of benzene rings is 2. The minimum Gasteiger partial charge on any atom is -0.452 e. The van der Waals surface area contributed by atoms with Gasteiger partial charge in [-0.15, -0.1) is 0 Å². The van der Waals surface area contributed by atoms with E-state index in [9.17, 15) is 4.79 Å². The summed E-state index contributed by atoms with van der Waals surface area (Å²) >= 11 is 3.45. The van der Waals surface area contributed by atoms with Crippen molar-refractivity contribution in [1.82, 2.24) is 0 Å². The van der Waals surface area contributed by atoms with Crippen molar-refractivity contribution < 1.29 is 9.21 Å². The molecule has 3 heteroatoms. The Kier molecular flexibility index (Phi) is 3.46. The molecule has 21 heavy (non-hydrogen) atoms. The molecular weight excluding hydrogens is 328 g/mol. The fraction of sp³-hybridized carbons (Fsp3) is 0.167. The molecule has 3 rings (SSSR count). The van der Waals surface area contributed by atoms with Crippen LogP contribution in [0.4, 0.5) is 0 Å². The first-order valence-corrected chi connectivity index (χ1v) is 7.57. The van der Waals surface area contributed by atoms with Gasteiger partial charge in [-0.05, 0) is 50.6 Å². The quantitative estimate of drug-likeness (QED) is 0.587. The van der Waals surface area contributed by atoms with Crippen LogP contribution in [-0.4, -0.2) is 5.78 Å². The van der Waals surface area contributed by atoms with E-state index in [1.165, 1.54) is 0 Å². The standard InChI is InChI=1S/C18H15BrO2/c1-10-4-5-11(2)14(8-10)17(20)18-12(3)15-9-13(19)6-7-16(15)21-18/h4-9H,1-3H3. The summed E-state index contributed by atoms with van der Waals surface area (Å²) in [5.74, 6) is 0.373. The Bertz CT molecular complexity index is 859. The Labute approximate surface area is 131 Å². The molecule has 106 valence electrons. The highest BCUT2D eigenvalue weighted by molar-refractivity contribution is 9.10. The third-order valence-electron chi connectivity index (χ3n) is 3.74. The number of hydrogen-bond acceptors (Lipinski definition) is 2. The van der Waals surface area contributed by atoms with Crippen molar-refractivity contribution in [2.75, 3.05) is 0 Å². The Morgan fingerprint density at radius 3 is 2.57 bits per heavy atom. The lowest BCUT2D eigenvalue weighted by Gasteiger charge is -2.05. The van der Waals surface area contributed by atoms with Crippen LogP contribution in [0.5, 0.6) is 0 Å². The average Bonchev–Trinajstić information content (AvgIpc) is 2.78. The van der Waals surface area contributed by atoms with Gasteiger partial charge in [-0.3, -0.25) is 4.79 Å². The van der Waals surface area contributed by atoms with Gasteiger partial charge in [-0.1, -0.05) is 33.6 Å². The minimum absolute atomic E-state index is 0.0546. The molecule has 0 atom stereocenters. The minimum atomic E-state index is -0.0546. The number of rotatable bonds is 2. The molecule has 2 aromatic carbocycles. The topological polar surface area (TPSA) is 30.2 Å². The second kappa shape index (κ2) is 5.15. The van der Waals surface area contributed by atoms with Crippen LogP contribution in [-0.2, 0) is 0 Å². The molecule has 0 saturated carbocycles. The number of carbonyl (C=O) groups is 1. The molecule has 0 saturated heterocycles. The van der Waals surface area contributed by atoms with Gasteiger partial charge in [0.05, 0.1) is 0 Å². The smallest absolute Gasteiger partial charge is 0.228 e. The number of furan rings is 1. The van der Waals surface area contributed by atoms with E-state index in [4.69, 9.17) is 4.42 Å². The van der Waals surface area contributed by atoms with Gasteiger partial charge in [0.2, 0.25) is 5.78 Å². The van der Waals surface area contributed by atoms with Crippen LogP contribution < -0.4 is 0 Å². The van der Waals surface area contributed by atoms with Crippen molar-refractivity contribution >= 4 is 32.7 Å². The highest BCUT2D eigenvalue weighted by atomic mass is 79.9. The molecule has 0 aliphatic rings. The lowest BCUT2D eigenvalue weighted by Crippen LogP contribution is -2.04. The summed E-state index contributed by atoms with van der Waals surface area (Å²) in [6.45, 7) is 5.86. The summed E-state index contributed by atoms with van der Waals surface area (Å²) in [6.07, 6.45) is 0. The van der Waals surface area contributed by atoms with Gasteiger partial charge in [-0.25, -0.2) is 0 Å². The number of carbonyl (C=O) groups excluding carboxylic acids is 1. The average molecular weight is 343 g/mol. The fourth-order valence-corrected chi connectivity index (χ4v) is 2.87. The normalized spacial score (nSPS) is 11.0. The van der Waals surface area contributed by atoms with E-state index in [0.717, 1.165) is 32.1 Å². The lowest BCUT2D eigenvalue weighted by atomic mass is 9.99. The Morgan fingerprint density at radius 2 is 1.81 bits per heavy atom. The van der Waals surface area contributed by atoms with E-state index in [0.29, 0.717) is 11.3 Å². The van der Waals surface area contributed by atoms with E-state index in [1.807, 2.05) is 57.2 Å². The van der Waals surface area contributed by atoms with Crippen LogP contribution in [0.25, 0.3) is 11.0 Å². The molecular formula is C18H15BrO2. The van der Waals surface area contributed by atoms with Gasteiger partial charge in [0.25, 0.3) is 0 Å². The zero-order valence-electron chi connectivity index (χ0n) is 12.2. The SMILES string of the molecule is Cc1ccc(C)c(C(=O)c2oc3ccc(Br)cc3c2C)c1. The third-order valence-corrected chi connectivity index (χ3v) is 4.24. The van der Waals surface area contributed by atoms with Crippen molar-refractivity contribution in [3.63, 3.8) is 0 Å². The molecule has 0 aliphatic heterocycles. The van der Waals surface area contributed by atoms with Gasteiger partial charge in [-0.2, -0.15) is 0 Å². The highest BCUT2D eigenvalue weighted by Crippen LogP contribution is 2.30. The highest BCUT2D eigenvalue weighted by Gasteiger charge is 2.20. The Morgan fingerprint density at radius 1 is 1.05 bits per heavy atom. The number of halogens is 1. The van der Waals surface area contributed by atoms with Crippen molar-refractivity contribution in [2.24, 2.45) is 0 Å². The van der Waals surface area contributed by atoms with Gasteiger partial charge >= 0.3 is 0 Å². The zero-order valence-corrected chi connectivity index (χ0v) is 13.7. The van der Waals surface area contributed by atoms with Crippen LogP contribution in [0.3, 0.4) is 0 Å². The van der Waals surface area contributed by atoms with Crippen LogP contribution >= 0.6 is 15.9 Å². The molecule has 0 N–H and O–H groups in total. The first-order chi connectivity index (χ1) is 9.97. The molecule has 0 bridgehead atoms. The van der Waals surface area contributed by atoms with E-state index in [-0.39, 0.29) is 5.78 Å². The molecule has 2 nitrogen and oxygen atoms in total. The second-order valence-corrected chi connectivity index (χ2v) is 6.26. The van der Waals surface area contributed by atoms with Crippen molar-refractivity contribution in [1.29, 1.82) is 0 Å². The van der Waals surface area contributed by atoms with Crippen molar-refractivity contribution in [3.8, 4) is 0 Å². The molecule has 0 aliphatic carbocycles. The fourth-order valence-electron chi connectivity index (χ4n) is 2.51. The lowest BCUT2D eigenvalue weighted by molar-refractivity contribution is 0.101. The van der Waals surface area contributed by atoms with E-state index < -0.39 is 0 Å². The van der Waals surface area contributed by atoms with E-state index in [2.05, 4.69) is 15.9 Å². The monoisotopic (exact) mass is 342 g/mol. The summed E-state index contributed by atoms with van der Waals surface area (Å²) in [5.41, 5.74) is 4.37.